The van der Waals surface area contributed by atoms with Crippen LogP contribution >= 0.6 is 0 Å². The first-order chi connectivity index (χ1) is 10.7. The topological polar surface area (TPSA) is 79.0 Å². The number of para-hydroxylation sites is 1. The van der Waals surface area contributed by atoms with Crippen molar-refractivity contribution in [3.63, 3.8) is 0 Å². The van der Waals surface area contributed by atoms with E-state index in [1.54, 1.807) is 0 Å². The molecule has 1 atom stereocenters. The van der Waals surface area contributed by atoms with Crippen molar-refractivity contribution in [2.24, 2.45) is 5.73 Å². The van der Waals surface area contributed by atoms with Gasteiger partial charge in [-0.2, -0.15) is 0 Å². The average molecular weight is 307 g/mol. The van der Waals surface area contributed by atoms with Crippen LogP contribution in [-0.2, 0) is 4.79 Å². The minimum absolute atomic E-state index is 0.120. The normalized spacial score (nSPS) is 17.3. The Morgan fingerprint density at radius 1 is 1.23 bits per heavy atom. The predicted octanol–water partition coefficient (Wildman–Crippen LogP) is -0.0807. The highest BCUT2D eigenvalue weighted by molar-refractivity contribution is 5.76. The number of amides is 1. The van der Waals surface area contributed by atoms with Crippen LogP contribution in [0.15, 0.2) is 30.3 Å². The molecule has 22 heavy (non-hydrogen) atoms. The number of hydrogen-bond acceptors (Lipinski definition) is 5. The first-order valence-corrected chi connectivity index (χ1v) is 7.75. The van der Waals surface area contributed by atoms with E-state index >= 15 is 0 Å². The molecule has 0 saturated carbocycles. The fourth-order valence-electron chi connectivity index (χ4n) is 2.52. The molecule has 6 heteroatoms. The van der Waals surface area contributed by atoms with Crippen molar-refractivity contribution < 1.29 is 14.6 Å². The van der Waals surface area contributed by atoms with E-state index in [1.165, 1.54) is 0 Å². The number of aliphatic hydroxyl groups is 1. The van der Waals surface area contributed by atoms with Gasteiger partial charge in [0.25, 0.3) is 0 Å². The monoisotopic (exact) mass is 307 g/mol. The summed E-state index contributed by atoms with van der Waals surface area (Å²) in [5, 5.41) is 10.1. The molecule has 0 aromatic heterocycles. The van der Waals surface area contributed by atoms with Crippen molar-refractivity contribution in [1.29, 1.82) is 0 Å². The molecule has 1 aromatic carbocycles. The molecule has 1 fully saturated rings. The molecule has 1 unspecified atom stereocenters. The first kappa shape index (κ1) is 16.7. The number of nitrogens with zero attached hydrogens (tertiary/aromatic N) is 2. The van der Waals surface area contributed by atoms with Gasteiger partial charge in [-0.1, -0.05) is 18.2 Å². The third-order valence-corrected chi connectivity index (χ3v) is 3.74. The lowest BCUT2D eigenvalue weighted by atomic mass is 10.2. The van der Waals surface area contributed by atoms with Gasteiger partial charge in [0.1, 0.15) is 18.5 Å². The molecule has 0 aliphatic carbocycles. The van der Waals surface area contributed by atoms with Crippen LogP contribution in [0.1, 0.15) is 6.42 Å². The summed E-state index contributed by atoms with van der Waals surface area (Å²) < 4.78 is 5.55. The van der Waals surface area contributed by atoms with Gasteiger partial charge in [0.2, 0.25) is 5.91 Å². The van der Waals surface area contributed by atoms with Gasteiger partial charge in [0, 0.05) is 45.7 Å². The highest BCUT2D eigenvalue weighted by atomic mass is 16.5. The summed E-state index contributed by atoms with van der Waals surface area (Å²) in [4.78, 5) is 15.7. The number of hydrogen-bond donors (Lipinski definition) is 2. The van der Waals surface area contributed by atoms with Crippen LogP contribution in [0.4, 0.5) is 0 Å². The number of carbonyl (C=O) groups is 1. The van der Waals surface area contributed by atoms with E-state index in [4.69, 9.17) is 10.5 Å². The molecule has 1 amide bonds. The van der Waals surface area contributed by atoms with Gasteiger partial charge in [-0.3, -0.25) is 9.69 Å². The third-order valence-electron chi connectivity index (χ3n) is 3.74. The van der Waals surface area contributed by atoms with Crippen molar-refractivity contribution in [3.05, 3.63) is 30.3 Å². The van der Waals surface area contributed by atoms with Gasteiger partial charge in [0.15, 0.2) is 0 Å². The predicted molar refractivity (Wildman–Crippen MR) is 84.6 cm³/mol. The third kappa shape index (κ3) is 5.29. The lowest BCUT2D eigenvalue weighted by molar-refractivity contribution is -0.132. The summed E-state index contributed by atoms with van der Waals surface area (Å²) in [5.74, 6) is 0.883. The molecule has 1 aromatic rings. The molecule has 1 heterocycles. The lowest BCUT2D eigenvalue weighted by Crippen LogP contribution is -2.51. The van der Waals surface area contributed by atoms with Crippen molar-refractivity contribution in [1.82, 2.24) is 9.80 Å². The summed E-state index contributed by atoms with van der Waals surface area (Å²) in [6.45, 7) is 4.18. The maximum atomic E-state index is 11.7. The van der Waals surface area contributed by atoms with Crippen molar-refractivity contribution in [3.8, 4) is 5.75 Å². The van der Waals surface area contributed by atoms with Gasteiger partial charge in [0.05, 0.1) is 0 Å². The van der Waals surface area contributed by atoms with Crippen LogP contribution in [0.25, 0.3) is 0 Å². The molecule has 0 bridgehead atoms. The molecule has 0 spiro atoms. The number of rotatable bonds is 7. The number of carbonyl (C=O) groups excluding carboxylic acids is 1. The van der Waals surface area contributed by atoms with Gasteiger partial charge in [-0.15, -0.1) is 0 Å². The Balaban J connectivity index is 1.66. The van der Waals surface area contributed by atoms with E-state index < -0.39 is 6.10 Å². The van der Waals surface area contributed by atoms with Crippen LogP contribution < -0.4 is 10.5 Å². The SMILES string of the molecule is NCCC(=O)N1CCN(CC(O)COc2ccccc2)CC1. The molecule has 122 valence electrons. The van der Waals surface area contributed by atoms with Gasteiger partial charge >= 0.3 is 0 Å². The smallest absolute Gasteiger partial charge is 0.223 e. The van der Waals surface area contributed by atoms with Crippen molar-refractivity contribution >= 4 is 5.91 Å². The Hall–Kier alpha value is -1.63. The quantitative estimate of drug-likeness (QED) is 0.736. The largest absolute Gasteiger partial charge is 0.491 e. The molecule has 3 N–H and O–H groups in total. The van der Waals surface area contributed by atoms with E-state index in [1.807, 2.05) is 35.2 Å². The minimum Gasteiger partial charge on any atom is -0.491 e. The maximum Gasteiger partial charge on any atom is 0.223 e. The van der Waals surface area contributed by atoms with Crippen LogP contribution in [0.2, 0.25) is 0 Å². The van der Waals surface area contributed by atoms with Crippen molar-refractivity contribution in [2.45, 2.75) is 12.5 Å². The van der Waals surface area contributed by atoms with Crippen LogP contribution in [0.3, 0.4) is 0 Å². The van der Waals surface area contributed by atoms with Gasteiger partial charge in [-0.25, -0.2) is 0 Å². The standard InChI is InChI=1S/C16H25N3O3/c17-7-6-16(21)19-10-8-18(9-11-19)12-14(20)13-22-15-4-2-1-3-5-15/h1-5,14,20H,6-13,17H2. The molecule has 2 rings (SSSR count). The Labute approximate surface area is 131 Å². The van der Waals surface area contributed by atoms with Crippen LogP contribution in [0.5, 0.6) is 5.75 Å². The zero-order valence-electron chi connectivity index (χ0n) is 12.9. The Bertz CT molecular complexity index is 447. The Morgan fingerprint density at radius 3 is 2.55 bits per heavy atom. The van der Waals surface area contributed by atoms with Crippen LogP contribution in [0, 0.1) is 0 Å². The number of β-amino-alcohol motifs (C(OH)–C–C–N with tert-alkyl or cyclic N) is 1. The second-order valence-electron chi connectivity index (χ2n) is 5.50. The lowest BCUT2D eigenvalue weighted by Gasteiger charge is -2.35. The van der Waals surface area contributed by atoms with E-state index in [-0.39, 0.29) is 12.5 Å². The highest BCUT2D eigenvalue weighted by Crippen LogP contribution is 2.09. The first-order valence-electron chi connectivity index (χ1n) is 7.75. The molecule has 1 aliphatic rings. The molecule has 1 saturated heterocycles. The molecule has 6 nitrogen and oxygen atoms in total. The average Bonchev–Trinajstić information content (AvgIpc) is 2.55. The second-order valence-corrected chi connectivity index (χ2v) is 5.50. The van der Waals surface area contributed by atoms with E-state index in [9.17, 15) is 9.90 Å². The van der Waals surface area contributed by atoms with Crippen LogP contribution in [-0.4, -0.2) is 72.8 Å². The zero-order chi connectivity index (χ0) is 15.8. The molecule has 0 radical (unpaired) electrons. The second kappa shape index (κ2) is 8.73. The van der Waals surface area contributed by atoms with E-state index in [0.717, 1.165) is 18.8 Å². The van der Waals surface area contributed by atoms with E-state index in [2.05, 4.69) is 4.90 Å². The summed E-state index contributed by atoms with van der Waals surface area (Å²) >= 11 is 0. The number of benzene rings is 1. The number of nitrogens with two attached hydrogens (primary N) is 1. The summed E-state index contributed by atoms with van der Waals surface area (Å²) in [7, 11) is 0. The number of aliphatic hydroxyl groups excluding tert-OH is 1. The van der Waals surface area contributed by atoms with Gasteiger partial charge < -0.3 is 20.5 Å². The molecule has 1 aliphatic heterocycles. The molecular weight excluding hydrogens is 282 g/mol. The van der Waals surface area contributed by atoms with Gasteiger partial charge in [-0.05, 0) is 12.1 Å². The Kier molecular flexibility index (Phi) is 6.64. The fraction of sp³-hybridized carbons (Fsp3) is 0.562. The Morgan fingerprint density at radius 2 is 1.91 bits per heavy atom. The van der Waals surface area contributed by atoms with E-state index in [0.29, 0.717) is 32.6 Å². The maximum absolute atomic E-state index is 11.7. The zero-order valence-corrected chi connectivity index (χ0v) is 12.9. The molecular formula is C16H25N3O3. The summed E-state index contributed by atoms with van der Waals surface area (Å²) in [5.41, 5.74) is 5.41. The fourth-order valence-corrected chi connectivity index (χ4v) is 2.52. The summed E-state index contributed by atoms with van der Waals surface area (Å²) in [6.07, 6.45) is -0.125. The highest BCUT2D eigenvalue weighted by Gasteiger charge is 2.22. The number of ether oxygens (including phenoxy) is 1. The number of piperazine rings is 1. The summed E-state index contributed by atoms with van der Waals surface area (Å²) in [6, 6.07) is 9.47. The van der Waals surface area contributed by atoms with Crippen molar-refractivity contribution in [2.75, 3.05) is 45.9 Å². The minimum atomic E-state index is -0.536.